The molecule has 1 aromatic carbocycles. The summed E-state index contributed by atoms with van der Waals surface area (Å²) in [6.07, 6.45) is 3.24. The number of Topliss-reactive ketones (excluding diaryl/α,β-unsaturated/α-hetero) is 1. The molecule has 0 radical (unpaired) electrons. The molecule has 0 aromatic heterocycles. The third kappa shape index (κ3) is 2.19. The van der Waals surface area contributed by atoms with Gasteiger partial charge >= 0.3 is 5.97 Å². The summed E-state index contributed by atoms with van der Waals surface area (Å²) in [6, 6.07) is 7.71. The fourth-order valence-electron chi connectivity index (χ4n) is 1.71. The summed E-state index contributed by atoms with van der Waals surface area (Å²) >= 11 is 0. The standard InChI is InChI=1S/C13H12O3/c1-9(14)8-13(15)16-12-7-6-10-4-2-3-5-11(10)12/h2-7,12H,8H2,1H3. The quantitative estimate of drug-likeness (QED) is 0.575. The van der Waals surface area contributed by atoms with E-state index in [1.165, 1.54) is 6.92 Å². The average molecular weight is 216 g/mol. The molecule has 0 N–H and O–H groups in total. The summed E-state index contributed by atoms with van der Waals surface area (Å²) in [7, 11) is 0. The van der Waals surface area contributed by atoms with Gasteiger partial charge in [0.1, 0.15) is 18.3 Å². The smallest absolute Gasteiger partial charge is 0.314 e. The zero-order valence-corrected chi connectivity index (χ0v) is 8.97. The summed E-state index contributed by atoms with van der Waals surface area (Å²) < 4.78 is 5.20. The Labute approximate surface area is 93.7 Å². The van der Waals surface area contributed by atoms with Crippen molar-refractivity contribution in [2.24, 2.45) is 0 Å². The van der Waals surface area contributed by atoms with Crippen LogP contribution in [-0.2, 0) is 14.3 Å². The molecular formula is C13H12O3. The second kappa shape index (κ2) is 4.31. The molecule has 1 aromatic rings. The maximum Gasteiger partial charge on any atom is 0.314 e. The second-order valence-corrected chi connectivity index (χ2v) is 3.78. The number of ether oxygens (including phenoxy) is 1. The molecule has 0 saturated heterocycles. The first-order valence-electron chi connectivity index (χ1n) is 5.13. The van der Waals surface area contributed by atoms with Crippen molar-refractivity contribution in [3.8, 4) is 0 Å². The first-order valence-corrected chi connectivity index (χ1v) is 5.13. The third-order valence-electron chi connectivity index (χ3n) is 2.40. The fraction of sp³-hybridized carbons (Fsp3) is 0.231. The van der Waals surface area contributed by atoms with Crippen LogP contribution in [0.2, 0.25) is 0 Å². The lowest BCUT2D eigenvalue weighted by Gasteiger charge is -2.11. The highest BCUT2D eigenvalue weighted by Gasteiger charge is 2.20. The predicted octanol–water partition coefficient (Wildman–Crippen LogP) is 2.28. The lowest BCUT2D eigenvalue weighted by atomic mass is 10.1. The Morgan fingerprint density at radius 2 is 2.06 bits per heavy atom. The van der Waals surface area contributed by atoms with E-state index in [9.17, 15) is 9.59 Å². The van der Waals surface area contributed by atoms with Gasteiger partial charge in [0.05, 0.1) is 0 Å². The molecule has 0 heterocycles. The molecule has 0 amide bonds. The van der Waals surface area contributed by atoms with Gasteiger partial charge in [0.15, 0.2) is 0 Å². The molecule has 16 heavy (non-hydrogen) atoms. The number of ketones is 1. The number of esters is 1. The van der Waals surface area contributed by atoms with Crippen molar-refractivity contribution in [2.75, 3.05) is 0 Å². The van der Waals surface area contributed by atoms with Crippen molar-refractivity contribution in [3.05, 3.63) is 41.5 Å². The highest BCUT2D eigenvalue weighted by molar-refractivity contribution is 5.94. The van der Waals surface area contributed by atoms with E-state index in [-0.39, 0.29) is 18.3 Å². The van der Waals surface area contributed by atoms with Crippen LogP contribution in [0, 0.1) is 0 Å². The molecule has 0 aliphatic heterocycles. The lowest BCUT2D eigenvalue weighted by Crippen LogP contribution is -2.11. The van der Waals surface area contributed by atoms with Crippen molar-refractivity contribution < 1.29 is 14.3 Å². The van der Waals surface area contributed by atoms with Gasteiger partial charge in [-0.2, -0.15) is 0 Å². The normalized spacial score (nSPS) is 16.9. The lowest BCUT2D eigenvalue weighted by molar-refractivity contribution is -0.148. The summed E-state index contributed by atoms with van der Waals surface area (Å²) in [5.74, 6) is -0.654. The highest BCUT2D eigenvalue weighted by atomic mass is 16.5. The van der Waals surface area contributed by atoms with Crippen LogP contribution in [0.15, 0.2) is 30.3 Å². The molecular weight excluding hydrogens is 204 g/mol. The number of rotatable bonds is 3. The molecule has 2 rings (SSSR count). The Balaban J connectivity index is 2.06. The Kier molecular flexibility index (Phi) is 2.86. The fourth-order valence-corrected chi connectivity index (χ4v) is 1.71. The van der Waals surface area contributed by atoms with Gasteiger partial charge in [0, 0.05) is 5.56 Å². The molecule has 0 bridgehead atoms. The minimum Gasteiger partial charge on any atom is -0.453 e. The van der Waals surface area contributed by atoms with Gasteiger partial charge in [0.25, 0.3) is 0 Å². The minimum atomic E-state index is -0.473. The molecule has 1 aliphatic carbocycles. The molecule has 1 aliphatic rings. The highest BCUT2D eigenvalue weighted by Crippen LogP contribution is 2.30. The van der Waals surface area contributed by atoms with Gasteiger partial charge in [0.2, 0.25) is 0 Å². The van der Waals surface area contributed by atoms with Crippen LogP contribution < -0.4 is 0 Å². The Morgan fingerprint density at radius 3 is 2.81 bits per heavy atom. The first-order chi connectivity index (χ1) is 7.66. The van der Waals surface area contributed by atoms with Crippen LogP contribution in [0.4, 0.5) is 0 Å². The van der Waals surface area contributed by atoms with Gasteiger partial charge in [-0.3, -0.25) is 9.59 Å². The number of hydrogen-bond donors (Lipinski definition) is 0. The third-order valence-corrected chi connectivity index (χ3v) is 2.40. The first kappa shape index (κ1) is 10.6. The Morgan fingerprint density at radius 1 is 1.31 bits per heavy atom. The number of hydrogen-bond acceptors (Lipinski definition) is 3. The Hall–Kier alpha value is -1.90. The molecule has 3 heteroatoms. The number of fused-ring (bicyclic) bond motifs is 1. The monoisotopic (exact) mass is 216 g/mol. The van der Waals surface area contributed by atoms with Crippen LogP contribution in [0.1, 0.15) is 30.6 Å². The predicted molar refractivity (Wildman–Crippen MR) is 59.6 cm³/mol. The number of benzene rings is 1. The van der Waals surface area contributed by atoms with E-state index in [1.54, 1.807) is 0 Å². The number of carbonyl (C=O) groups is 2. The van der Waals surface area contributed by atoms with Gasteiger partial charge in [-0.05, 0) is 18.6 Å². The molecule has 0 spiro atoms. The SMILES string of the molecule is CC(=O)CC(=O)OC1C=Cc2ccccc21. The van der Waals surface area contributed by atoms with E-state index in [0.717, 1.165) is 11.1 Å². The van der Waals surface area contributed by atoms with E-state index < -0.39 is 5.97 Å². The summed E-state index contributed by atoms with van der Waals surface area (Å²) in [6.45, 7) is 1.37. The van der Waals surface area contributed by atoms with Gasteiger partial charge < -0.3 is 4.74 Å². The van der Waals surface area contributed by atoms with Crippen molar-refractivity contribution in [1.82, 2.24) is 0 Å². The van der Waals surface area contributed by atoms with Crippen molar-refractivity contribution in [2.45, 2.75) is 19.4 Å². The largest absolute Gasteiger partial charge is 0.453 e. The molecule has 0 fully saturated rings. The topological polar surface area (TPSA) is 43.4 Å². The van der Waals surface area contributed by atoms with E-state index in [0.29, 0.717) is 0 Å². The van der Waals surface area contributed by atoms with E-state index in [4.69, 9.17) is 4.74 Å². The summed E-state index contributed by atoms with van der Waals surface area (Å²) in [4.78, 5) is 22.1. The summed E-state index contributed by atoms with van der Waals surface area (Å²) in [5, 5.41) is 0. The van der Waals surface area contributed by atoms with Gasteiger partial charge in [-0.1, -0.05) is 30.3 Å². The van der Waals surface area contributed by atoms with Crippen molar-refractivity contribution in [3.63, 3.8) is 0 Å². The summed E-state index contributed by atoms with van der Waals surface area (Å²) in [5.41, 5.74) is 2.03. The van der Waals surface area contributed by atoms with Crippen molar-refractivity contribution >= 4 is 17.8 Å². The van der Waals surface area contributed by atoms with Crippen molar-refractivity contribution in [1.29, 1.82) is 0 Å². The van der Waals surface area contributed by atoms with Crippen LogP contribution >= 0.6 is 0 Å². The molecule has 1 unspecified atom stereocenters. The maximum absolute atomic E-state index is 11.3. The average Bonchev–Trinajstić information content (AvgIpc) is 2.61. The molecule has 0 saturated carbocycles. The number of carbonyl (C=O) groups excluding carboxylic acids is 2. The van der Waals surface area contributed by atoms with Crippen LogP contribution in [0.25, 0.3) is 6.08 Å². The zero-order chi connectivity index (χ0) is 11.5. The van der Waals surface area contributed by atoms with E-state index in [1.807, 2.05) is 36.4 Å². The Bertz CT molecular complexity index is 460. The van der Waals surface area contributed by atoms with Crippen LogP contribution in [0.3, 0.4) is 0 Å². The maximum atomic E-state index is 11.3. The van der Waals surface area contributed by atoms with Gasteiger partial charge in [-0.15, -0.1) is 0 Å². The van der Waals surface area contributed by atoms with Crippen LogP contribution in [-0.4, -0.2) is 11.8 Å². The molecule has 1 atom stereocenters. The second-order valence-electron chi connectivity index (χ2n) is 3.78. The molecule has 82 valence electrons. The zero-order valence-electron chi connectivity index (χ0n) is 8.97. The van der Waals surface area contributed by atoms with Gasteiger partial charge in [-0.25, -0.2) is 0 Å². The molecule has 3 nitrogen and oxygen atoms in total. The van der Waals surface area contributed by atoms with E-state index >= 15 is 0 Å². The van der Waals surface area contributed by atoms with Crippen LogP contribution in [0.5, 0.6) is 0 Å². The minimum absolute atomic E-state index is 0.160. The van der Waals surface area contributed by atoms with E-state index in [2.05, 4.69) is 0 Å².